The van der Waals surface area contributed by atoms with Crippen molar-refractivity contribution < 1.29 is 0 Å². The number of allylic oxidation sites excluding steroid dienone is 3. The van der Waals surface area contributed by atoms with Crippen molar-refractivity contribution in [1.82, 2.24) is 0 Å². The van der Waals surface area contributed by atoms with Gasteiger partial charge in [-0.2, -0.15) is 0 Å². The van der Waals surface area contributed by atoms with E-state index in [1.54, 1.807) is 0 Å². The van der Waals surface area contributed by atoms with Crippen molar-refractivity contribution in [2.24, 2.45) is 0 Å². The van der Waals surface area contributed by atoms with Crippen molar-refractivity contribution in [2.75, 3.05) is 0 Å². The fraction of sp³-hybridized carbons (Fsp3) is 0.545. The molecule has 0 radical (unpaired) electrons. The number of rotatable bonds is 6. The standard InChI is InChI=1S/C11H18/c1-3-5-7-9-11-10-8-6-4-2/h5,10-11H,1,4,6-9H2,2H3. The van der Waals surface area contributed by atoms with Crippen LogP contribution in [0.25, 0.3) is 0 Å². The van der Waals surface area contributed by atoms with Crippen LogP contribution in [-0.4, -0.2) is 0 Å². The summed E-state index contributed by atoms with van der Waals surface area (Å²) in [4.78, 5) is 0. The fourth-order valence-corrected chi connectivity index (χ4v) is 0.839. The fourth-order valence-electron chi connectivity index (χ4n) is 0.839. The highest BCUT2D eigenvalue weighted by Crippen LogP contribution is 1.97. The van der Waals surface area contributed by atoms with Crippen LogP contribution in [0, 0.1) is 0 Å². The molecule has 0 saturated heterocycles. The van der Waals surface area contributed by atoms with Gasteiger partial charge in [0.2, 0.25) is 0 Å². The highest BCUT2D eigenvalue weighted by molar-refractivity contribution is 4.85. The molecule has 0 nitrogen and oxygen atoms in total. The minimum Gasteiger partial charge on any atom is -0.133 e. The van der Waals surface area contributed by atoms with Gasteiger partial charge in [0, 0.05) is 0 Å². The van der Waals surface area contributed by atoms with Crippen LogP contribution in [0.2, 0.25) is 0 Å². The van der Waals surface area contributed by atoms with Gasteiger partial charge in [0.1, 0.15) is 0 Å². The molecule has 0 saturated carbocycles. The van der Waals surface area contributed by atoms with Crippen molar-refractivity contribution in [3.8, 4) is 0 Å². The van der Waals surface area contributed by atoms with Gasteiger partial charge >= 0.3 is 0 Å². The molecule has 0 aliphatic rings. The molecular formula is C11H18. The maximum Gasteiger partial charge on any atom is -0.0240 e. The smallest absolute Gasteiger partial charge is 0.0240 e. The van der Waals surface area contributed by atoms with E-state index in [9.17, 15) is 0 Å². The van der Waals surface area contributed by atoms with E-state index < -0.39 is 0 Å². The van der Waals surface area contributed by atoms with E-state index in [1.807, 2.05) is 6.08 Å². The first-order valence-electron chi connectivity index (χ1n) is 4.41. The summed E-state index contributed by atoms with van der Waals surface area (Å²) in [6.07, 6.45) is 12.5. The van der Waals surface area contributed by atoms with Gasteiger partial charge in [-0.05, 0) is 25.3 Å². The van der Waals surface area contributed by atoms with Crippen molar-refractivity contribution in [2.45, 2.75) is 39.0 Å². The average Bonchev–Trinajstić information content (AvgIpc) is 2.03. The van der Waals surface area contributed by atoms with Crippen LogP contribution in [0.1, 0.15) is 39.0 Å². The molecule has 0 aromatic rings. The van der Waals surface area contributed by atoms with Crippen molar-refractivity contribution in [3.63, 3.8) is 0 Å². The topological polar surface area (TPSA) is 0 Å². The third kappa shape index (κ3) is 9.26. The molecule has 0 bridgehead atoms. The lowest BCUT2D eigenvalue weighted by atomic mass is 10.2. The van der Waals surface area contributed by atoms with Crippen LogP contribution in [-0.2, 0) is 0 Å². The minimum atomic E-state index is 1.08. The van der Waals surface area contributed by atoms with Gasteiger partial charge in [0.05, 0.1) is 0 Å². The Bertz CT molecular complexity index is 136. The highest BCUT2D eigenvalue weighted by atomic mass is 13.8. The summed E-state index contributed by atoms with van der Waals surface area (Å²) in [6.45, 7) is 5.72. The molecule has 0 fully saturated rings. The number of unbranched alkanes of at least 4 members (excludes halogenated alkanes) is 3. The largest absolute Gasteiger partial charge is 0.133 e. The summed E-state index contributed by atoms with van der Waals surface area (Å²) in [5.41, 5.74) is 2.76. The van der Waals surface area contributed by atoms with Crippen molar-refractivity contribution >= 4 is 0 Å². The third-order valence-electron chi connectivity index (χ3n) is 1.51. The monoisotopic (exact) mass is 150 g/mol. The Balaban J connectivity index is 3.09. The van der Waals surface area contributed by atoms with Gasteiger partial charge in [-0.25, -0.2) is 0 Å². The zero-order valence-electron chi connectivity index (χ0n) is 7.47. The second-order valence-electron chi connectivity index (χ2n) is 2.60. The molecule has 0 amide bonds. The van der Waals surface area contributed by atoms with E-state index in [-0.39, 0.29) is 0 Å². The van der Waals surface area contributed by atoms with E-state index in [1.165, 1.54) is 19.3 Å². The second kappa shape index (κ2) is 9.26. The average molecular weight is 150 g/mol. The van der Waals surface area contributed by atoms with Crippen LogP contribution in [0.4, 0.5) is 0 Å². The Morgan fingerprint density at radius 3 is 2.55 bits per heavy atom. The van der Waals surface area contributed by atoms with Gasteiger partial charge in [-0.1, -0.05) is 38.5 Å². The molecule has 0 spiro atoms. The van der Waals surface area contributed by atoms with E-state index in [2.05, 4.69) is 31.4 Å². The van der Waals surface area contributed by atoms with E-state index >= 15 is 0 Å². The molecule has 0 atom stereocenters. The van der Waals surface area contributed by atoms with E-state index in [4.69, 9.17) is 0 Å². The molecule has 0 aromatic heterocycles. The Hall–Kier alpha value is -0.740. The van der Waals surface area contributed by atoms with Crippen LogP contribution in [0.3, 0.4) is 0 Å². The van der Waals surface area contributed by atoms with Crippen LogP contribution >= 0.6 is 0 Å². The quantitative estimate of drug-likeness (QED) is 0.306. The van der Waals surface area contributed by atoms with Crippen LogP contribution in [0.5, 0.6) is 0 Å². The molecule has 11 heavy (non-hydrogen) atoms. The summed E-state index contributed by atoms with van der Waals surface area (Å²) in [7, 11) is 0. The maximum absolute atomic E-state index is 3.50. The molecule has 0 heterocycles. The molecule has 0 rings (SSSR count). The Morgan fingerprint density at radius 2 is 1.91 bits per heavy atom. The molecule has 0 unspecified atom stereocenters. The zero-order chi connectivity index (χ0) is 8.36. The predicted octanol–water partition coefficient (Wildman–Crippen LogP) is 3.85. The SMILES string of the molecule is C=C=CCCC=CCCCC. The maximum atomic E-state index is 3.50. The van der Waals surface area contributed by atoms with Crippen molar-refractivity contribution in [1.29, 1.82) is 0 Å². The Labute approximate surface area is 70.3 Å². The van der Waals surface area contributed by atoms with E-state index in [0.29, 0.717) is 0 Å². The zero-order valence-corrected chi connectivity index (χ0v) is 7.47. The highest BCUT2D eigenvalue weighted by Gasteiger charge is 1.77. The van der Waals surface area contributed by atoms with Gasteiger partial charge in [0.25, 0.3) is 0 Å². The molecule has 0 aliphatic heterocycles. The first kappa shape index (κ1) is 10.3. The van der Waals surface area contributed by atoms with Gasteiger partial charge in [0.15, 0.2) is 0 Å². The lowest BCUT2D eigenvalue weighted by molar-refractivity contribution is 0.811. The third-order valence-corrected chi connectivity index (χ3v) is 1.51. The van der Waals surface area contributed by atoms with Gasteiger partial charge in [-0.3, -0.25) is 0 Å². The lowest BCUT2D eigenvalue weighted by Crippen LogP contribution is -1.67. The lowest BCUT2D eigenvalue weighted by Gasteiger charge is -1.87. The Morgan fingerprint density at radius 1 is 1.18 bits per heavy atom. The van der Waals surface area contributed by atoms with Gasteiger partial charge in [-0.15, -0.1) is 5.73 Å². The predicted molar refractivity (Wildman–Crippen MR) is 51.6 cm³/mol. The molecule has 0 N–H and O–H groups in total. The minimum absolute atomic E-state index is 1.08. The first-order valence-corrected chi connectivity index (χ1v) is 4.41. The number of hydrogen-bond donors (Lipinski definition) is 0. The van der Waals surface area contributed by atoms with Gasteiger partial charge < -0.3 is 0 Å². The van der Waals surface area contributed by atoms with E-state index in [0.717, 1.165) is 12.8 Å². The summed E-state index contributed by atoms with van der Waals surface area (Å²) in [6, 6.07) is 0. The molecule has 62 valence electrons. The molecule has 0 aromatic carbocycles. The second-order valence-corrected chi connectivity index (χ2v) is 2.60. The van der Waals surface area contributed by atoms with Crippen LogP contribution < -0.4 is 0 Å². The molecule has 0 aliphatic carbocycles. The number of hydrogen-bond acceptors (Lipinski definition) is 0. The summed E-state index contributed by atoms with van der Waals surface area (Å²) in [5, 5.41) is 0. The summed E-state index contributed by atoms with van der Waals surface area (Å²) in [5.74, 6) is 0. The summed E-state index contributed by atoms with van der Waals surface area (Å²) < 4.78 is 0. The summed E-state index contributed by atoms with van der Waals surface area (Å²) >= 11 is 0. The van der Waals surface area contributed by atoms with Crippen LogP contribution in [0.15, 0.2) is 30.5 Å². The molecular weight excluding hydrogens is 132 g/mol. The normalized spacial score (nSPS) is 9.91. The Kier molecular flexibility index (Phi) is 8.64. The molecule has 0 heteroatoms. The first-order chi connectivity index (χ1) is 5.41. The van der Waals surface area contributed by atoms with Crippen molar-refractivity contribution in [3.05, 3.63) is 30.5 Å².